The summed E-state index contributed by atoms with van der Waals surface area (Å²) in [6.45, 7) is 4.23. The maximum atomic E-state index is 11.6. The first-order valence-electron chi connectivity index (χ1n) is 6.16. The monoisotopic (exact) mass is 299 g/mol. The molecule has 1 aromatic heterocycles. The molecule has 2 rings (SSSR count). The minimum atomic E-state index is -0.467. The molecule has 0 radical (unpaired) electrons. The van der Waals surface area contributed by atoms with E-state index in [0.717, 1.165) is 11.5 Å². The Labute approximate surface area is 121 Å². The number of carbonyl (C=O) groups is 1. The van der Waals surface area contributed by atoms with E-state index in [1.165, 1.54) is 6.20 Å². The van der Waals surface area contributed by atoms with Crippen molar-refractivity contribution in [3.8, 4) is 0 Å². The standard InChI is InChI=1S/C12H17N3O2S2/c1-3-17-12(16)8-6-14-11(15-10(8)13)9-7(2)18-4-5-19-9/h6-7,9H,3-5H2,1-2H3,(H2,13,14,15). The summed E-state index contributed by atoms with van der Waals surface area (Å²) >= 11 is 3.75. The second kappa shape index (κ2) is 6.47. The molecule has 5 nitrogen and oxygen atoms in total. The number of thioether (sulfide) groups is 2. The van der Waals surface area contributed by atoms with E-state index in [1.807, 2.05) is 23.5 Å². The molecule has 0 saturated carbocycles. The molecule has 1 aromatic rings. The number of hydrogen-bond acceptors (Lipinski definition) is 7. The Hall–Kier alpha value is -0.950. The lowest BCUT2D eigenvalue weighted by atomic mass is 10.2. The number of ether oxygens (including phenoxy) is 1. The first-order chi connectivity index (χ1) is 9.13. The van der Waals surface area contributed by atoms with Crippen molar-refractivity contribution in [2.75, 3.05) is 23.8 Å². The Morgan fingerprint density at radius 1 is 1.53 bits per heavy atom. The van der Waals surface area contributed by atoms with Crippen molar-refractivity contribution in [3.05, 3.63) is 17.6 Å². The van der Waals surface area contributed by atoms with Gasteiger partial charge in [-0.15, -0.1) is 11.8 Å². The van der Waals surface area contributed by atoms with Gasteiger partial charge in [-0.25, -0.2) is 14.8 Å². The third-order valence-corrected chi connectivity index (χ3v) is 5.86. The minimum Gasteiger partial charge on any atom is -0.462 e. The van der Waals surface area contributed by atoms with Gasteiger partial charge in [0.2, 0.25) is 0 Å². The molecule has 1 aliphatic rings. The number of nitrogen functional groups attached to an aromatic ring is 1. The van der Waals surface area contributed by atoms with Crippen LogP contribution in [0.15, 0.2) is 6.20 Å². The van der Waals surface area contributed by atoms with E-state index >= 15 is 0 Å². The summed E-state index contributed by atoms with van der Waals surface area (Å²) in [4.78, 5) is 20.2. The zero-order valence-electron chi connectivity index (χ0n) is 11.0. The maximum Gasteiger partial charge on any atom is 0.343 e. The Morgan fingerprint density at radius 2 is 2.26 bits per heavy atom. The van der Waals surface area contributed by atoms with Crippen molar-refractivity contribution in [2.24, 2.45) is 0 Å². The van der Waals surface area contributed by atoms with Gasteiger partial charge in [-0.2, -0.15) is 11.8 Å². The molecule has 1 fully saturated rings. The van der Waals surface area contributed by atoms with Gasteiger partial charge in [0.25, 0.3) is 0 Å². The van der Waals surface area contributed by atoms with E-state index in [9.17, 15) is 4.79 Å². The van der Waals surface area contributed by atoms with Crippen LogP contribution >= 0.6 is 23.5 Å². The first-order valence-corrected chi connectivity index (χ1v) is 8.26. The normalized spacial score (nSPS) is 23.1. The van der Waals surface area contributed by atoms with E-state index in [1.54, 1.807) is 6.92 Å². The molecule has 104 valence electrons. The van der Waals surface area contributed by atoms with Crippen molar-refractivity contribution in [3.63, 3.8) is 0 Å². The zero-order valence-corrected chi connectivity index (χ0v) is 12.6. The summed E-state index contributed by atoms with van der Waals surface area (Å²) in [6.07, 6.45) is 1.47. The Morgan fingerprint density at radius 3 is 2.89 bits per heavy atom. The Kier molecular flexibility index (Phi) is 4.93. The van der Waals surface area contributed by atoms with E-state index in [2.05, 4.69) is 16.9 Å². The highest BCUT2D eigenvalue weighted by atomic mass is 32.2. The molecule has 1 aliphatic heterocycles. The van der Waals surface area contributed by atoms with Gasteiger partial charge < -0.3 is 10.5 Å². The molecule has 2 N–H and O–H groups in total. The lowest BCUT2D eigenvalue weighted by molar-refractivity contribution is 0.0526. The second-order valence-corrected chi connectivity index (χ2v) is 6.85. The van der Waals surface area contributed by atoms with Gasteiger partial charge in [-0.05, 0) is 6.92 Å². The molecule has 2 atom stereocenters. The summed E-state index contributed by atoms with van der Waals surface area (Å²) in [6, 6.07) is 0. The maximum absolute atomic E-state index is 11.6. The third kappa shape index (κ3) is 3.33. The van der Waals surface area contributed by atoms with Crippen molar-refractivity contribution in [1.82, 2.24) is 9.97 Å². The molecule has 0 spiro atoms. The molecule has 0 bridgehead atoms. The topological polar surface area (TPSA) is 78.1 Å². The van der Waals surface area contributed by atoms with E-state index in [-0.39, 0.29) is 16.6 Å². The smallest absolute Gasteiger partial charge is 0.343 e. The van der Waals surface area contributed by atoms with Crippen LogP contribution in [0.2, 0.25) is 0 Å². The number of nitrogens with zero attached hydrogens (tertiary/aromatic N) is 2. The molecule has 0 amide bonds. The quantitative estimate of drug-likeness (QED) is 0.857. The average Bonchev–Trinajstić information content (AvgIpc) is 2.39. The number of hydrogen-bond donors (Lipinski definition) is 1. The Bertz CT molecular complexity index is 470. The largest absolute Gasteiger partial charge is 0.462 e. The molecule has 2 unspecified atom stereocenters. The van der Waals surface area contributed by atoms with Gasteiger partial charge in [-0.3, -0.25) is 0 Å². The summed E-state index contributed by atoms with van der Waals surface area (Å²) in [5.41, 5.74) is 6.08. The molecular formula is C12H17N3O2S2. The fourth-order valence-corrected chi connectivity index (χ4v) is 4.53. The number of aromatic nitrogens is 2. The van der Waals surface area contributed by atoms with Crippen LogP contribution in [0.1, 0.15) is 35.3 Å². The van der Waals surface area contributed by atoms with Crippen LogP contribution in [-0.2, 0) is 4.74 Å². The molecule has 2 heterocycles. The van der Waals surface area contributed by atoms with E-state index < -0.39 is 5.97 Å². The molecule has 1 saturated heterocycles. The average molecular weight is 299 g/mol. The van der Waals surface area contributed by atoms with Crippen LogP contribution in [0.4, 0.5) is 5.82 Å². The van der Waals surface area contributed by atoms with Gasteiger partial charge in [0.05, 0.1) is 11.9 Å². The lowest BCUT2D eigenvalue weighted by Gasteiger charge is -2.26. The van der Waals surface area contributed by atoms with Gasteiger partial charge in [0.15, 0.2) is 0 Å². The highest BCUT2D eigenvalue weighted by Gasteiger charge is 2.27. The van der Waals surface area contributed by atoms with Crippen LogP contribution in [-0.4, -0.2) is 39.3 Å². The van der Waals surface area contributed by atoms with Gasteiger partial charge in [-0.1, -0.05) is 6.92 Å². The van der Waals surface area contributed by atoms with Gasteiger partial charge in [0, 0.05) is 23.0 Å². The first kappa shape index (κ1) is 14.5. The summed E-state index contributed by atoms with van der Waals surface area (Å²) < 4.78 is 4.91. The number of carbonyl (C=O) groups excluding carboxylic acids is 1. The number of esters is 1. The van der Waals surface area contributed by atoms with Crippen molar-refractivity contribution in [1.29, 1.82) is 0 Å². The van der Waals surface area contributed by atoms with Gasteiger partial charge >= 0.3 is 5.97 Å². The molecule has 19 heavy (non-hydrogen) atoms. The summed E-state index contributed by atoms with van der Waals surface area (Å²) in [5.74, 6) is 2.67. The second-order valence-electron chi connectivity index (χ2n) is 4.11. The molecule has 0 aliphatic carbocycles. The molecule has 0 aromatic carbocycles. The predicted octanol–water partition coefficient (Wildman–Crippen LogP) is 2.15. The van der Waals surface area contributed by atoms with E-state index in [4.69, 9.17) is 10.5 Å². The van der Waals surface area contributed by atoms with Crippen LogP contribution in [0.5, 0.6) is 0 Å². The molecule has 7 heteroatoms. The minimum absolute atomic E-state index is 0.201. The number of anilines is 1. The van der Waals surface area contributed by atoms with Crippen LogP contribution in [0.25, 0.3) is 0 Å². The van der Waals surface area contributed by atoms with Gasteiger partial charge in [0.1, 0.15) is 17.2 Å². The zero-order chi connectivity index (χ0) is 13.8. The van der Waals surface area contributed by atoms with Crippen LogP contribution < -0.4 is 5.73 Å². The highest BCUT2D eigenvalue weighted by Crippen LogP contribution is 2.41. The third-order valence-electron chi connectivity index (χ3n) is 2.77. The van der Waals surface area contributed by atoms with Crippen molar-refractivity contribution >= 4 is 35.3 Å². The summed E-state index contributed by atoms with van der Waals surface area (Å²) in [7, 11) is 0. The number of nitrogens with two attached hydrogens (primary N) is 1. The lowest BCUT2D eigenvalue weighted by Crippen LogP contribution is -2.20. The fourth-order valence-electron chi connectivity index (χ4n) is 1.83. The Balaban J connectivity index is 2.20. The fraction of sp³-hybridized carbons (Fsp3) is 0.583. The van der Waals surface area contributed by atoms with Crippen molar-refractivity contribution in [2.45, 2.75) is 24.3 Å². The molecular weight excluding hydrogens is 282 g/mol. The predicted molar refractivity (Wildman–Crippen MR) is 79.5 cm³/mol. The van der Waals surface area contributed by atoms with E-state index in [0.29, 0.717) is 17.7 Å². The highest BCUT2D eigenvalue weighted by molar-refractivity contribution is 8.06. The van der Waals surface area contributed by atoms with Crippen LogP contribution in [0.3, 0.4) is 0 Å². The number of rotatable bonds is 3. The van der Waals surface area contributed by atoms with Crippen molar-refractivity contribution < 1.29 is 9.53 Å². The SMILES string of the molecule is CCOC(=O)c1cnc(C2SCCSC2C)nc1N. The summed E-state index contributed by atoms with van der Waals surface area (Å²) in [5, 5.41) is 0.684. The van der Waals surface area contributed by atoms with Crippen LogP contribution in [0, 0.1) is 0 Å².